The van der Waals surface area contributed by atoms with E-state index in [-0.39, 0.29) is 6.04 Å². The molecule has 1 aromatic carbocycles. The Balaban J connectivity index is 1.56. The molecule has 0 bridgehead atoms. The average Bonchev–Trinajstić information content (AvgIpc) is 3.06. The van der Waals surface area contributed by atoms with Crippen LogP contribution in [0.15, 0.2) is 43.0 Å². The predicted octanol–water partition coefficient (Wildman–Crippen LogP) is 2.37. The van der Waals surface area contributed by atoms with Gasteiger partial charge in [-0.15, -0.1) is 0 Å². The minimum atomic E-state index is -0.878. The van der Waals surface area contributed by atoms with Gasteiger partial charge >= 0.3 is 6.09 Å². The van der Waals surface area contributed by atoms with Crippen LogP contribution in [-0.2, 0) is 0 Å². The van der Waals surface area contributed by atoms with Gasteiger partial charge < -0.3 is 15.3 Å². The molecule has 128 valence electrons. The second kappa shape index (κ2) is 6.39. The van der Waals surface area contributed by atoms with Crippen LogP contribution >= 0.6 is 0 Å². The van der Waals surface area contributed by atoms with Crippen molar-refractivity contribution in [2.75, 3.05) is 18.4 Å². The van der Waals surface area contributed by atoms with E-state index in [0.29, 0.717) is 24.7 Å². The highest BCUT2D eigenvalue weighted by Crippen LogP contribution is 2.18. The number of carbonyl (C=O) groups is 1. The summed E-state index contributed by atoms with van der Waals surface area (Å²) in [5, 5.41) is 12.5. The Kier molecular flexibility index (Phi) is 3.93. The number of likely N-dealkylation sites (tertiary alicyclic amines) is 1. The number of carboxylic acid groups (broad SMARTS) is 1. The number of anilines is 1. The fourth-order valence-corrected chi connectivity index (χ4v) is 3.16. The summed E-state index contributed by atoms with van der Waals surface area (Å²) in [5.41, 5.74) is 1.86. The Labute approximate surface area is 144 Å². The van der Waals surface area contributed by atoms with E-state index in [1.165, 1.54) is 4.90 Å². The van der Waals surface area contributed by atoms with Gasteiger partial charge in [0.05, 0.1) is 23.4 Å². The smallest absolute Gasteiger partial charge is 0.407 e. The lowest BCUT2D eigenvalue weighted by atomic mass is 10.1. The normalized spacial score (nSPS) is 17.6. The topological polar surface area (TPSA) is 96.2 Å². The van der Waals surface area contributed by atoms with Gasteiger partial charge in [0.2, 0.25) is 0 Å². The molecule has 25 heavy (non-hydrogen) atoms. The summed E-state index contributed by atoms with van der Waals surface area (Å²) in [6, 6.07) is 7.87. The number of rotatable bonds is 3. The lowest BCUT2D eigenvalue weighted by Gasteiger charge is -2.31. The van der Waals surface area contributed by atoms with Gasteiger partial charge in [-0.1, -0.05) is 12.1 Å². The van der Waals surface area contributed by atoms with Crippen LogP contribution in [0.4, 0.5) is 10.6 Å². The van der Waals surface area contributed by atoms with Crippen LogP contribution in [0.1, 0.15) is 12.8 Å². The molecule has 1 unspecified atom stereocenters. The molecule has 1 amide bonds. The standard InChI is InChI=1S/C17H18N6O2/c24-17(25)22-7-3-4-12(10-22)20-15-8-18-9-16(21-15)23-11-19-13-5-1-2-6-14(13)23/h1-2,5-6,8-9,11-12H,3-4,7,10H2,(H,20,21)(H,24,25). The molecule has 8 nitrogen and oxygen atoms in total. The van der Waals surface area contributed by atoms with E-state index >= 15 is 0 Å². The maximum absolute atomic E-state index is 11.1. The second-order valence-electron chi connectivity index (χ2n) is 6.08. The highest BCUT2D eigenvalue weighted by atomic mass is 16.4. The number of imidazole rings is 1. The largest absolute Gasteiger partial charge is 0.465 e. The van der Waals surface area contributed by atoms with Gasteiger partial charge in [-0.25, -0.2) is 14.8 Å². The third-order valence-electron chi connectivity index (χ3n) is 4.37. The van der Waals surface area contributed by atoms with E-state index in [1.807, 2.05) is 28.8 Å². The number of fused-ring (bicyclic) bond motifs is 1. The molecule has 8 heteroatoms. The Hall–Kier alpha value is -3.16. The minimum Gasteiger partial charge on any atom is -0.465 e. The van der Waals surface area contributed by atoms with Gasteiger partial charge in [0.25, 0.3) is 0 Å². The SMILES string of the molecule is O=C(O)N1CCCC(Nc2cncc(-n3cnc4ccccc43)n2)C1. The number of aromatic nitrogens is 4. The predicted molar refractivity (Wildman–Crippen MR) is 92.9 cm³/mol. The summed E-state index contributed by atoms with van der Waals surface area (Å²) in [6.07, 6.45) is 5.93. The number of piperidine rings is 1. The van der Waals surface area contributed by atoms with Gasteiger partial charge in [0, 0.05) is 19.1 Å². The maximum Gasteiger partial charge on any atom is 0.407 e. The van der Waals surface area contributed by atoms with Crippen molar-refractivity contribution in [2.45, 2.75) is 18.9 Å². The number of hydrogen-bond acceptors (Lipinski definition) is 5. The monoisotopic (exact) mass is 338 g/mol. The summed E-state index contributed by atoms with van der Waals surface area (Å²) < 4.78 is 1.89. The Morgan fingerprint density at radius 1 is 1.28 bits per heavy atom. The summed E-state index contributed by atoms with van der Waals surface area (Å²) in [7, 11) is 0. The third kappa shape index (κ3) is 3.10. The zero-order chi connectivity index (χ0) is 17.2. The van der Waals surface area contributed by atoms with Gasteiger partial charge in [-0.3, -0.25) is 9.55 Å². The first-order valence-corrected chi connectivity index (χ1v) is 8.19. The summed E-state index contributed by atoms with van der Waals surface area (Å²) in [6.45, 7) is 1.04. The molecular weight excluding hydrogens is 320 g/mol. The lowest BCUT2D eigenvalue weighted by molar-refractivity contribution is 0.133. The van der Waals surface area contributed by atoms with Crippen molar-refractivity contribution in [3.63, 3.8) is 0 Å². The number of nitrogens with one attached hydrogen (secondary N) is 1. The first-order valence-electron chi connectivity index (χ1n) is 8.19. The summed E-state index contributed by atoms with van der Waals surface area (Å²) >= 11 is 0. The summed E-state index contributed by atoms with van der Waals surface area (Å²) in [5.74, 6) is 1.30. The highest BCUT2D eigenvalue weighted by molar-refractivity contribution is 5.76. The maximum atomic E-state index is 11.1. The molecule has 3 aromatic rings. The fraction of sp³-hybridized carbons (Fsp3) is 0.294. The Morgan fingerprint density at radius 2 is 2.16 bits per heavy atom. The van der Waals surface area contributed by atoms with Crippen LogP contribution in [0.3, 0.4) is 0 Å². The number of nitrogens with zero attached hydrogens (tertiary/aromatic N) is 5. The molecule has 1 atom stereocenters. The molecule has 4 rings (SSSR count). The molecule has 0 spiro atoms. The van der Waals surface area contributed by atoms with E-state index < -0.39 is 6.09 Å². The van der Waals surface area contributed by atoms with Crippen molar-refractivity contribution in [1.82, 2.24) is 24.4 Å². The van der Waals surface area contributed by atoms with Crippen LogP contribution in [0, 0.1) is 0 Å². The van der Waals surface area contributed by atoms with Crippen LogP contribution < -0.4 is 5.32 Å². The Morgan fingerprint density at radius 3 is 3.04 bits per heavy atom. The third-order valence-corrected chi connectivity index (χ3v) is 4.37. The van der Waals surface area contributed by atoms with Crippen molar-refractivity contribution >= 4 is 22.9 Å². The van der Waals surface area contributed by atoms with Crippen molar-refractivity contribution in [3.05, 3.63) is 43.0 Å². The van der Waals surface area contributed by atoms with Crippen LogP contribution in [0.2, 0.25) is 0 Å². The summed E-state index contributed by atoms with van der Waals surface area (Å²) in [4.78, 5) is 25.8. The molecule has 3 heterocycles. The first kappa shape index (κ1) is 15.4. The van der Waals surface area contributed by atoms with E-state index in [9.17, 15) is 4.79 Å². The van der Waals surface area contributed by atoms with Crippen LogP contribution in [0.5, 0.6) is 0 Å². The number of amides is 1. The molecule has 0 radical (unpaired) electrons. The second-order valence-corrected chi connectivity index (χ2v) is 6.08. The van der Waals surface area contributed by atoms with Crippen molar-refractivity contribution < 1.29 is 9.90 Å². The minimum absolute atomic E-state index is 0.0360. The fourth-order valence-electron chi connectivity index (χ4n) is 3.16. The van der Waals surface area contributed by atoms with E-state index in [4.69, 9.17) is 5.11 Å². The van der Waals surface area contributed by atoms with Crippen LogP contribution in [-0.4, -0.2) is 54.8 Å². The average molecular weight is 338 g/mol. The number of para-hydroxylation sites is 2. The molecule has 1 aliphatic rings. The lowest BCUT2D eigenvalue weighted by Crippen LogP contribution is -2.44. The van der Waals surface area contributed by atoms with Crippen LogP contribution in [0.25, 0.3) is 16.9 Å². The Bertz CT molecular complexity index is 909. The molecule has 0 saturated carbocycles. The van der Waals surface area contributed by atoms with Gasteiger partial charge in [-0.2, -0.15) is 0 Å². The first-order chi connectivity index (χ1) is 12.2. The number of benzene rings is 1. The zero-order valence-corrected chi connectivity index (χ0v) is 13.5. The van der Waals surface area contributed by atoms with Crippen molar-refractivity contribution in [1.29, 1.82) is 0 Å². The van der Waals surface area contributed by atoms with E-state index in [1.54, 1.807) is 18.7 Å². The quantitative estimate of drug-likeness (QED) is 0.761. The molecule has 0 aliphatic carbocycles. The van der Waals surface area contributed by atoms with Gasteiger partial charge in [-0.05, 0) is 25.0 Å². The van der Waals surface area contributed by atoms with Gasteiger partial charge in [0.15, 0.2) is 5.82 Å². The molecular formula is C17H18N6O2. The molecule has 2 aromatic heterocycles. The zero-order valence-electron chi connectivity index (χ0n) is 13.5. The molecule has 2 N–H and O–H groups in total. The highest BCUT2D eigenvalue weighted by Gasteiger charge is 2.23. The van der Waals surface area contributed by atoms with E-state index in [0.717, 1.165) is 23.9 Å². The van der Waals surface area contributed by atoms with E-state index in [2.05, 4.69) is 20.3 Å². The molecule has 1 fully saturated rings. The molecule has 1 aliphatic heterocycles. The number of hydrogen-bond donors (Lipinski definition) is 2. The van der Waals surface area contributed by atoms with Crippen molar-refractivity contribution in [3.8, 4) is 5.82 Å². The van der Waals surface area contributed by atoms with Gasteiger partial charge in [0.1, 0.15) is 12.1 Å². The molecule has 1 saturated heterocycles. The van der Waals surface area contributed by atoms with Crippen molar-refractivity contribution in [2.24, 2.45) is 0 Å².